The van der Waals surface area contributed by atoms with Crippen LogP contribution in [-0.2, 0) is 6.18 Å². The summed E-state index contributed by atoms with van der Waals surface area (Å²) >= 11 is 1.33. The second-order valence-electron chi connectivity index (χ2n) is 8.26. The lowest BCUT2D eigenvalue weighted by molar-refractivity contribution is -0.136. The first-order chi connectivity index (χ1) is 16.4. The fraction of sp³-hybridized carbons (Fsp3) is 0.346. The van der Waals surface area contributed by atoms with Gasteiger partial charge in [0.25, 0.3) is 0 Å². The van der Waals surface area contributed by atoms with Gasteiger partial charge in [0.05, 0.1) is 5.56 Å². The highest BCUT2D eigenvalue weighted by atomic mass is 32.1. The zero-order valence-corrected chi connectivity index (χ0v) is 20.9. The molecular weight excluding hydrogens is 476 g/mol. The molecule has 4 rings (SSSR count). The van der Waals surface area contributed by atoms with Crippen molar-refractivity contribution in [1.82, 2.24) is 4.98 Å². The number of fused-ring (bicyclic) bond motifs is 1. The molecule has 1 unspecified atom stereocenters. The minimum Gasteiger partial charge on any atom is -0.454 e. The van der Waals surface area contributed by atoms with Gasteiger partial charge < -0.3 is 9.73 Å². The molecule has 0 radical (unpaired) electrons. The molecule has 0 amide bonds. The van der Waals surface area contributed by atoms with Crippen LogP contribution in [-0.4, -0.2) is 11.1 Å². The van der Waals surface area contributed by atoms with Crippen molar-refractivity contribution in [2.75, 3.05) is 11.5 Å². The normalized spacial score (nSPS) is 12.2. The molecule has 2 heterocycles. The van der Waals surface area contributed by atoms with Gasteiger partial charge in [-0.05, 0) is 42.2 Å². The van der Waals surface area contributed by atoms with Gasteiger partial charge in [-0.15, -0.1) is 11.3 Å². The highest BCUT2D eigenvalue weighted by Crippen LogP contribution is 2.35. The van der Waals surface area contributed by atoms with Crippen molar-refractivity contribution in [2.45, 2.75) is 51.6 Å². The third-order valence-corrected chi connectivity index (χ3v) is 7.78. The molecule has 8 heteroatoms. The first-order valence-corrected chi connectivity index (χ1v) is 13.7. The molecule has 0 saturated heterocycles. The maximum atomic E-state index is 13.8. The second-order valence-corrected chi connectivity index (χ2v) is 10.5. The van der Waals surface area contributed by atoms with Gasteiger partial charge in [-0.1, -0.05) is 71.9 Å². The van der Waals surface area contributed by atoms with Crippen LogP contribution in [0.15, 0.2) is 58.3 Å². The van der Waals surface area contributed by atoms with Gasteiger partial charge in [-0.2, -0.15) is 13.2 Å². The Morgan fingerprint density at radius 2 is 1.79 bits per heavy atom. The van der Waals surface area contributed by atoms with Gasteiger partial charge in [-0.25, -0.2) is 4.98 Å². The van der Waals surface area contributed by atoms with Crippen LogP contribution < -0.4 is 10.6 Å². The molecular formula is C26H28F3N2OPS. The minimum absolute atomic E-state index is 0.160. The molecule has 4 aromatic rings. The zero-order valence-electron chi connectivity index (χ0n) is 19.0. The summed E-state index contributed by atoms with van der Waals surface area (Å²) in [7, 11) is 0.160. The summed E-state index contributed by atoms with van der Waals surface area (Å²) in [5.74, 6) is 0.632. The van der Waals surface area contributed by atoms with Crippen molar-refractivity contribution in [3.63, 3.8) is 0 Å². The fourth-order valence-electron chi connectivity index (χ4n) is 3.81. The average Bonchev–Trinajstić information content (AvgIpc) is 3.45. The van der Waals surface area contributed by atoms with Gasteiger partial charge in [0.2, 0.25) is 0 Å². The lowest BCUT2D eigenvalue weighted by Crippen LogP contribution is -2.16. The van der Waals surface area contributed by atoms with Crippen LogP contribution in [0.1, 0.15) is 51.0 Å². The van der Waals surface area contributed by atoms with Crippen molar-refractivity contribution in [2.24, 2.45) is 0 Å². The summed E-state index contributed by atoms with van der Waals surface area (Å²) in [6.45, 7) is 2.17. The number of nitrogens with one attached hydrogen (secondary N) is 1. The first kappa shape index (κ1) is 24.7. The lowest BCUT2D eigenvalue weighted by Gasteiger charge is -2.15. The van der Waals surface area contributed by atoms with E-state index in [1.807, 2.05) is 35.7 Å². The summed E-state index contributed by atoms with van der Waals surface area (Å²) in [6.07, 6.45) is 3.28. The van der Waals surface area contributed by atoms with Crippen LogP contribution in [0.2, 0.25) is 0 Å². The highest BCUT2D eigenvalue weighted by molar-refractivity contribution is 7.47. The van der Waals surface area contributed by atoms with E-state index in [-0.39, 0.29) is 8.58 Å². The van der Waals surface area contributed by atoms with Crippen LogP contribution >= 0.6 is 19.9 Å². The number of halogens is 3. The summed E-state index contributed by atoms with van der Waals surface area (Å²) in [5, 5.41) is 6.75. The number of anilines is 2. The highest BCUT2D eigenvalue weighted by Gasteiger charge is 2.33. The first-order valence-electron chi connectivity index (χ1n) is 11.6. The van der Waals surface area contributed by atoms with Crippen LogP contribution in [0, 0.1) is 0 Å². The molecule has 3 nitrogen and oxygen atoms in total. The Kier molecular flexibility index (Phi) is 8.28. The number of unbranched alkanes of at least 4 members (excludes halogenated alkanes) is 5. The smallest absolute Gasteiger partial charge is 0.417 e. The number of nitrogens with zero attached hydrogens (tertiary/aromatic N) is 1. The van der Waals surface area contributed by atoms with E-state index < -0.39 is 11.7 Å². The molecule has 2 aromatic carbocycles. The number of para-hydroxylation sites is 1. The lowest BCUT2D eigenvalue weighted by atomic mass is 10.1. The maximum Gasteiger partial charge on any atom is 0.417 e. The van der Waals surface area contributed by atoms with Crippen LogP contribution in [0.4, 0.5) is 24.0 Å². The molecule has 0 fully saturated rings. The molecule has 0 aliphatic rings. The number of alkyl halides is 3. The Balaban J connectivity index is 1.42. The summed E-state index contributed by atoms with van der Waals surface area (Å²) in [6, 6.07) is 14.1. The number of furan rings is 1. The number of aromatic nitrogens is 1. The molecule has 34 heavy (non-hydrogen) atoms. The molecule has 1 atom stereocenters. The number of rotatable bonds is 11. The Labute approximate surface area is 203 Å². The minimum atomic E-state index is -4.39. The molecule has 0 aliphatic carbocycles. The molecule has 180 valence electrons. The van der Waals surface area contributed by atoms with E-state index >= 15 is 0 Å². The summed E-state index contributed by atoms with van der Waals surface area (Å²) in [4.78, 5) is 4.51. The second kappa shape index (κ2) is 11.4. The summed E-state index contributed by atoms with van der Waals surface area (Å²) < 4.78 is 47.1. The van der Waals surface area contributed by atoms with Crippen molar-refractivity contribution >= 4 is 47.0 Å². The van der Waals surface area contributed by atoms with E-state index in [0.29, 0.717) is 27.6 Å². The number of hydrogen-bond acceptors (Lipinski definition) is 4. The van der Waals surface area contributed by atoms with Crippen LogP contribution in [0.25, 0.3) is 22.4 Å². The number of hydrogen-bond donors (Lipinski definition) is 1. The van der Waals surface area contributed by atoms with E-state index in [1.165, 1.54) is 36.7 Å². The van der Waals surface area contributed by atoms with Crippen molar-refractivity contribution in [3.8, 4) is 11.5 Å². The van der Waals surface area contributed by atoms with Crippen molar-refractivity contribution < 1.29 is 17.6 Å². The van der Waals surface area contributed by atoms with Crippen LogP contribution in [0.3, 0.4) is 0 Å². The molecule has 0 bridgehead atoms. The zero-order chi connectivity index (χ0) is 24.0. The predicted octanol–water partition coefficient (Wildman–Crippen LogP) is 8.98. The van der Waals surface area contributed by atoms with Gasteiger partial charge in [0.1, 0.15) is 11.3 Å². The number of thiazole rings is 1. The topological polar surface area (TPSA) is 38.1 Å². The molecule has 0 saturated carbocycles. The monoisotopic (exact) mass is 504 g/mol. The molecule has 0 spiro atoms. The average molecular weight is 505 g/mol. The van der Waals surface area contributed by atoms with E-state index in [0.717, 1.165) is 36.4 Å². The quantitative estimate of drug-likeness (QED) is 0.164. The standard InChI is InChI=1S/C26H28F3N2OPS/c1-2-3-4-5-6-9-14-33-24-13-12-19(16-20(24)26(27,28)29)30-25-31-21(17-34-25)23-15-18-10-7-8-11-22(18)32-23/h7-8,10-13,15-17,33H,2-6,9,14H2,1H3,(H,30,31). The third-order valence-electron chi connectivity index (χ3n) is 5.60. The van der Waals surface area contributed by atoms with E-state index in [9.17, 15) is 13.2 Å². The van der Waals surface area contributed by atoms with E-state index in [4.69, 9.17) is 4.42 Å². The van der Waals surface area contributed by atoms with Crippen molar-refractivity contribution in [3.05, 3.63) is 59.5 Å². The molecule has 1 N–H and O–H groups in total. The van der Waals surface area contributed by atoms with Crippen LogP contribution in [0.5, 0.6) is 0 Å². The van der Waals surface area contributed by atoms with Gasteiger partial charge in [-0.3, -0.25) is 0 Å². The van der Waals surface area contributed by atoms with E-state index in [1.54, 1.807) is 12.1 Å². The summed E-state index contributed by atoms with van der Waals surface area (Å²) in [5.41, 5.74) is 1.24. The van der Waals surface area contributed by atoms with Gasteiger partial charge >= 0.3 is 6.18 Å². The fourth-order valence-corrected chi connectivity index (χ4v) is 5.84. The third kappa shape index (κ3) is 6.39. The van der Waals surface area contributed by atoms with Crippen molar-refractivity contribution in [1.29, 1.82) is 0 Å². The van der Waals surface area contributed by atoms with Gasteiger partial charge in [0, 0.05) is 16.5 Å². The van der Waals surface area contributed by atoms with E-state index in [2.05, 4.69) is 17.2 Å². The predicted molar refractivity (Wildman–Crippen MR) is 138 cm³/mol. The maximum absolute atomic E-state index is 13.8. The SMILES string of the molecule is CCCCCCCCPc1ccc(Nc2nc(-c3cc4ccccc4o3)cs2)cc1C(F)(F)F. The van der Waals surface area contributed by atoms with Gasteiger partial charge in [0.15, 0.2) is 10.9 Å². The largest absolute Gasteiger partial charge is 0.454 e. The Hall–Kier alpha value is -2.37. The Morgan fingerprint density at radius 1 is 1.00 bits per heavy atom. The number of benzene rings is 2. The Morgan fingerprint density at radius 3 is 2.59 bits per heavy atom. The Bertz CT molecular complexity index is 1190. The molecule has 2 aromatic heterocycles. The molecule has 0 aliphatic heterocycles.